The number of nitrogens with one attached hydrogen (secondary N) is 2. The third-order valence-corrected chi connectivity index (χ3v) is 3.89. The van der Waals surface area contributed by atoms with Crippen molar-refractivity contribution in [1.29, 1.82) is 0 Å². The summed E-state index contributed by atoms with van der Waals surface area (Å²) >= 11 is 0. The summed E-state index contributed by atoms with van der Waals surface area (Å²) in [4.78, 5) is 10.5. The minimum atomic E-state index is -0.690. The predicted octanol–water partition coefficient (Wildman–Crippen LogP) is 2.05. The van der Waals surface area contributed by atoms with Gasteiger partial charge < -0.3 is 20.3 Å². The number of carbonyl (C=O) groups excluding carboxylic acids is 1. The molecule has 0 saturated heterocycles. The van der Waals surface area contributed by atoms with Crippen molar-refractivity contribution >= 4 is 12.1 Å². The first-order chi connectivity index (χ1) is 12.1. The number of phenolic OH excluding ortho intramolecular Hbond substituents is 1. The lowest BCUT2D eigenvalue weighted by Crippen LogP contribution is -2.31. The maximum Gasteiger partial charge on any atom is 0.211 e. The van der Waals surface area contributed by atoms with E-state index in [0.717, 1.165) is 24.2 Å². The zero-order valence-electron chi connectivity index (χ0n) is 14.2. The number of hydrogen-bond donors (Lipinski definition) is 4. The van der Waals surface area contributed by atoms with Crippen molar-refractivity contribution in [2.24, 2.45) is 0 Å². The third kappa shape index (κ3) is 6.10. The van der Waals surface area contributed by atoms with Crippen LogP contribution in [0.3, 0.4) is 0 Å². The van der Waals surface area contributed by atoms with E-state index < -0.39 is 6.23 Å². The van der Waals surface area contributed by atoms with Crippen molar-refractivity contribution in [3.8, 4) is 11.5 Å². The van der Waals surface area contributed by atoms with E-state index in [-0.39, 0.29) is 5.75 Å². The predicted molar refractivity (Wildman–Crippen MR) is 96.8 cm³/mol. The van der Waals surface area contributed by atoms with E-state index in [1.165, 1.54) is 11.6 Å². The van der Waals surface area contributed by atoms with E-state index in [2.05, 4.69) is 10.6 Å². The smallest absolute Gasteiger partial charge is 0.211 e. The van der Waals surface area contributed by atoms with E-state index in [0.29, 0.717) is 25.1 Å². The van der Waals surface area contributed by atoms with Gasteiger partial charge in [0.15, 0.2) is 0 Å². The number of aliphatic hydroxyl groups is 1. The molecule has 6 nitrogen and oxygen atoms in total. The van der Waals surface area contributed by atoms with Crippen molar-refractivity contribution < 1.29 is 19.7 Å². The molecule has 0 bridgehead atoms. The number of phenols is 1. The maximum atomic E-state index is 10.5. The maximum absolute atomic E-state index is 10.5. The van der Waals surface area contributed by atoms with Gasteiger partial charge in [0.2, 0.25) is 6.41 Å². The largest absolute Gasteiger partial charge is 0.506 e. The van der Waals surface area contributed by atoms with Crippen LogP contribution in [-0.4, -0.2) is 36.5 Å². The fraction of sp³-hybridized carbons (Fsp3) is 0.316. The Morgan fingerprint density at radius 3 is 2.56 bits per heavy atom. The molecule has 0 spiro atoms. The van der Waals surface area contributed by atoms with Crippen LogP contribution in [0.2, 0.25) is 0 Å². The standard InChI is InChI=1S/C19H24N2O4/c1-25-16-7-4-14(5-8-16)3-2-10-20-19(24)12-15-6-9-18(23)17(11-15)21-13-22/h4-9,11,13,19-20,23-24H,2-3,10,12H2,1H3,(H,21,22). The van der Waals surface area contributed by atoms with Gasteiger partial charge in [0, 0.05) is 6.42 Å². The van der Waals surface area contributed by atoms with Gasteiger partial charge in [0.25, 0.3) is 0 Å². The van der Waals surface area contributed by atoms with Crippen LogP contribution in [-0.2, 0) is 17.6 Å². The molecule has 0 aliphatic rings. The van der Waals surface area contributed by atoms with Crippen molar-refractivity contribution in [2.45, 2.75) is 25.5 Å². The topological polar surface area (TPSA) is 90.8 Å². The summed E-state index contributed by atoms with van der Waals surface area (Å²) in [6.45, 7) is 0.685. The van der Waals surface area contributed by atoms with Crippen molar-refractivity contribution in [2.75, 3.05) is 19.0 Å². The number of ether oxygens (including phenoxy) is 1. The summed E-state index contributed by atoms with van der Waals surface area (Å²) in [5, 5.41) is 25.2. The Hall–Kier alpha value is -2.57. The molecular weight excluding hydrogens is 320 g/mol. The first-order valence-corrected chi connectivity index (χ1v) is 8.19. The van der Waals surface area contributed by atoms with Gasteiger partial charge in [-0.05, 0) is 54.8 Å². The Balaban J connectivity index is 1.73. The summed E-state index contributed by atoms with van der Waals surface area (Å²) in [6.07, 6.45) is 2.01. The number of amides is 1. The fourth-order valence-electron chi connectivity index (χ4n) is 2.54. The number of aromatic hydroxyl groups is 1. The van der Waals surface area contributed by atoms with Crippen LogP contribution in [0.15, 0.2) is 42.5 Å². The van der Waals surface area contributed by atoms with E-state index in [1.807, 2.05) is 24.3 Å². The van der Waals surface area contributed by atoms with E-state index >= 15 is 0 Å². The molecule has 2 aromatic rings. The van der Waals surface area contributed by atoms with E-state index in [4.69, 9.17) is 4.74 Å². The Kier molecular flexibility index (Phi) is 7.25. The molecule has 134 valence electrons. The molecule has 1 unspecified atom stereocenters. The summed E-state index contributed by atoms with van der Waals surface area (Å²) in [5.74, 6) is 0.840. The molecule has 25 heavy (non-hydrogen) atoms. The first-order valence-electron chi connectivity index (χ1n) is 8.19. The van der Waals surface area contributed by atoms with Crippen LogP contribution in [0.25, 0.3) is 0 Å². The first kappa shape index (κ1) is 18.8. The second kappa shape index (κ2) is 9.66. The minimum Gasteiger partial charge on any atom is -0.506 e. The molecule has 6 heteroatoms. The van der Waals surface area contributed by atoms with Gasteiger partial charge in [-0.3, -0.25) is 10.1 Å². The molecule has 0 saturated carbocycles. The Morgan fingerprint density at radius 2 is 1.88 bits per heavy atom. The number of rotatable bonds is 10. The molecule has 0 radical (unpaired) electrons. The lowest BCUT2D eigenvalue weighted by atomic mass is 10.1. The molecule has 0 fully saturated rings. The van der Waals surface area contributed by atoms with E-state index in [9.17, 15) is 15.0 Å². The highest BCUT2D eigenvalue weighted by Crippen LogP contribution is 2.24. The zero-order chi connectivity index (χ0) is 18.1. The lowest BCUT2D eigenvalue weighted by Gasteiger charge is -2.14. The van der Waals surface area contributed by atoms with Gasteiger partial charge in [0.05, 0.1) is 12.8 Å². The summed E-state index contributed by atoms with van der Waals surface area (Å²) in [6, 6.07) is 12.8. The molecule has 0 aromatic heterocycles. The van der Waals surface area contributed by atoms with Gasteiger partial charge in [-0.25, -0.2) is 0 Å². The molecule has 0 aliphatic heterocycles. The number of benzene rings is 2. The fourth-order valence-corrected chi connectivity index (χ4v) is 2.54. The molecule has 2 rings (SSSR count). The number of methoxy groups -OCH3 is 1. The Labute approximate surface area is 147 Å². The Morgan fingerprint density at radius 1 is 1.16 bits per heavy atom. The molecule has 0 heterocycles. The van der Waals surface area contributed by atoms with Gasteiger partial charge in [-0.2, -0.15) is 0 Å². The Bertz CT molecular complexity index is 674. The number of carbonyl (C=O) groups is 1. The van der Waals surface area contributed by atoms with E-state index in [1.54, 1.807) is 19.2 Å². The summed E-state index contributed by atoms with van der Waals surface area (Å²) in [5.41, 5.74) is 2.37. The highest BCUT2D eigenvalue weighted by molar-refractivity contribution is 5.75. The van der Waals surface area contributed by atoms with Crippen LogP contribution in [0.4, 0.5) is 5.69 Å². The highest BCUT2D eigenvalue weighted by Gasteiger charge is 2.07. The average molecular weight is 344 g/mol. The summed E-state index contributed by atoms with van der Waals surface area (Å²) in [7, 11) is 1.65. The number of hydrogen-bond acceptors (Lipinski definition) is 5. The average Bonchev–Trinajstić information content (AvgIpc) is 2.62. The van der Waals surface area contributed by atoms with Crippen molar-refractivity contribution in [3.05, 3.63) is 53.6 Å². The minimum absolute atomic E-state index is 0.00205. The van der Waals surface area contributed by atoms with Crippen LogP contribution in [0.1, 0.15) is 17.5 Å². The van der Waals surface area contributed by atoms with Gasteiger partial charge >= 0.3 is 0 Å². The summed E-state index contributed by atoms with van der Waals surface area (Å²) < 4.78 is 5.13. The van der Waals surface area contributed by atoms with Crippen molar-refractivity contribution in [1.82, 2.24) is 5.32 Å². The number of aliphatic hydroxyl groups excluding tert-OH is 1. The number of aryl methyl sites for hydroxylation is 1. The van der Waals surface area contributed by atoms with Crippen molar-refractivity contribution in [3.63, 3.8) is 0 Å². The zero-order valence-corrected chi connectivity index (χ0v) is 14.2. The second-order valence-electron chi connectivity index (χ2n) is 5.74. The highest BCUT2D eigenvalue weighted by atomic mass is 16.5. The lowest BCUT2D eigenvalue weighted by molar-refractivity contribution is -0.105. The van der Waals surface area contributed by atoms with Gasteiger partial charge in [-0.15, -0.1) is 0 Å². The quantitative estimate of drug-likeness (QED) is 0.229. The second-order valence-corrected chi connectivity index (χ2v) is 5.74. The van der Waals surface area contributed by atoms with Crippen LogP contribution < -0.4 is 15.4 Å². The van der Waals surface area contributed by atoms with Crippen LogP contribution >= 0.6 is 0 Å². The normalized spacial score (nSPS) is 11.8. The molecule has 1 atom stereocenters. The molecule has 1 amide bonds. The molecular formula is C19H24N2O4. The van der Waals surface area contributed by atoms with Crippen LogP contribution in [0, 0.1) is 0 Å². The monoisotopic (exact) mass is 344 g/mol. The van der Waals surface area contributed by atoms with Gasteiger partial charge in [0.1, 0.15) is 17.7 Å². The number of anilines is 1. The molecule has 4 N–H and O–H groups in total. The SMILES string of the molecule is COc1ccc(CCCNC(O)Cc2ccc(O)c(NC=O)c2)cc1. The third-order valence-electron chi connectivity index (χ3n) is 3.89. The molecule has 2 aromatic carbocycles. The van der Waals surface area contributed by atoms with Gasteiger partial charge in [-0.1, -0.05) is 18.2 Å². The molecule has 0 aliphatic carbocycles. The van der Waals surface area contributed by atoms with Crippen LogP contribution in [0.5, 0.6) is 11.5 Å².